The zero-order valence-corrected chi connectivity index (χ0v) is 7.05. The lowest BCUT2D eigenvalue weighted by Gasteiger charge is -2.16. The first-order valence-corrected chi connectivity index (χ1v) is 3.90. The van der Waals surface area contributed by atoms with Gasteiger partial charge in [-0.05, 0) is 27.7 Å². The van der Waals surface area contributed by atoms with E-state index >= 15 is 0 Å². The minimum absolute atomic E-state index is 0.310. The van der Waals surface area contributed by atoms with Crippen molar-refractivity contribution in [1.82, 2.24) is 15.3 Å². The summed E-state index contributed by atoms with van der Waals surface area (Å²) in [5.41, 5.74) is 0.310. The molecule has 0 bridgehead atoms. The van der Waals surface area contributed by atoms with Gasteiger partial charge in [-0.1, -0.05) is 0 Å². The predicted octanol–water partition coefficient (Wildman–Crippen LogP) is 0.550. The molecule has 58 valence electrons. The van der Waals surface area contributed by atoms with E-state index in [1.165, 1.54) is 0 Å². The summed E-state index contributed by atoms with van der Waals surface area (Å²) in [6.07, 6.45) is 1.04. The van der Waals surface area contributed by atoms with Crippen molar-refractivity contribution in [3.63, 3.8) is 0 Å². The molecule has 3 nitrogen and oxygen atoms in total. The molecule has 1 N–H and O–H groups in total. The third-order valence-corrected chi connectivity index (χ3v) is 2.53. The Balaban J connectivity index is 2.18. The molecule has 2 fully saturated rings. The van der Waals surface area contributed by atoms with Crippen LogP contribution in [-0.4, -0.2) is 28.0 Å². The molecule has 2 aliphatic heterocycles. The highest BCUT2D eigenvalue weighted by molar-refractivity contribution is 5.02. The van der Waals surface area contributed by atoms with Crippen molar-refractivity contribution < 1.29 is 0 Å². The Hall–Kier alpha value is -0.120. The summed E-state index contributed by atoms with van der Waals surface area (Å²) in [5, 5.41) is 8.17. The van der Waals surface area contributed by atoms with Crippen LogP contribution in [0.2, 0.25) is 0 Å². The van der Waals surface area contributed by atoms with E-state index in [-0.39, 0.29) is 0 Å². The minimum Gasteiger partial charge on any atom is -0.284 e. The van der Waals surface area contributed by atoms with Crippen LogP contribution < -0.4 is 5.32 Å². The van der Waals surface area contributed by atoms with Gasteiger partial charge in [-0.15, -0.1) is 0 Å². The number of rotatable bonds is 0. The first kappa shape index (κ1) is 6.58. The Morgan fingerprint density at radius 3 is 1.70 bits per heavy atom. The summed E-state index contributed by atoms with van der Waals surface area (Å²) in [7, 11) is 0. The van der Waals surface area contributed by atoms with Crippen LogP contribution in [0.25, 0.3) is 0 Å². The molecular weight excluding hydrogens is 126 g/mol. The standard InChI is InChI=1S/C7H15N3/c1-5-8-6(2)10-7(3,4)9(5)10/h5-6,8H,1-4H3/t5-,6-,9?,10?/m1/s1. The molecule has 0 amide bonds. The predicted molar refractivity (Wildman–Crippen MR) is 39.8 cm³/mol. The van der Waals surface area contributed by atoms with E-state index in [0.717, 1.165) is 0 Å². The van der Waals surface area contributed by atoms with Gasteiger partial charge in [0.2, 0.25) is 0 Å². The van der Waals surface area contributed by atoms with Crippen molar-refractivity contribution in [3.05, 3.63) is 0 Å². The molecule has 2 aliphatic rings. The molecule has 0 aliphatic carbocycles. The van der Waals surface area contributed by atoms with Gasteiger partial charge >= 0.3 is 0 Å². The summed E-state index contributed by atoms with van der Waals surface area (Å²) >= 11 is 0. The maximum atomic E-state index is 3.42. The maximum absolute atomic E-state index is 3.42. The first-order valence-electron chi connectivity index (χ1n) is 3.90. The van der Waals surface area contributed by atoms with Gasteiger partial charge < -0.3 is 0 Å². The van der Waals surface area contributed by atoms with Crippen molar-refractivity contribution >= 4 is 0 Å². The van der Waals surface area contributed by atoms with Gasteiger partial charge in [0, 0.05) is 0 Å². The van der Waals surface area contributed by atoms with Crippen molar-refractivity contribution in [2.45, 2.75) is 45.7 Å². The van der Waals surface area contributed by atoms with E-state index in [4.69, 9.17) is 0 Å². The SMILES string of the molecule is C[C@@H]1N[C@@H](C)N2N1C2(C)C. The van der Waals surface area contributed by atoms with Crippen LogP contribution in [0.5, 0.6) is 0 Å². The van der Waals surface area contributed by atoms with Crippen molar-refractivity contribution in [3.8, 4) is 0 Å². The molecular formula is C7H15N3. The van der Waals surface area contributed by atoms with E-state index in [0.29, 0.717) is 18.0 Å². The van der Waals surface area contributed by atoms with Crippen molar-refractivity contribution in [2.75, 3.05) is 0 Å². The summed E-state index contributed by atoms with van der Waals surface area (Å²) in [6, 6.07) is 0. The summed E-state index contributed by atoms with van der Waals surface area (Å²) in [5.74, 6) is 0. The van der Waals surface area contributed by atoms with Crippen LogP contribution in [0.15, 0.2) is 0 Å². The molecule has 10 heavy (non-hydrogen) atoms. The van der Waals surface area contributed by atoms with Gasteiger partial charge in [0.05, 0.1) is 18.0 Å². The second-order valence-corrected chi connectivity index (χ2v) is 3.70. The third kappa shape index (κ3) is 0.557. The molecule has 0 saturated carbocycles. The highest BCUT2D eigenvalue weighted by Crippen LogP contribution is 2.45. The molecule has 0 aromatic carbocycles. The van der Waals surface area contributed by atoms with Gasteiger partial charge in [-0.25, -0.2) is 10.0 Å². The Labute approximate surface area is 62.0 Å². The number of hydrazine groups is 1. The Bertz CT molecular complexity index is 150. The number of nitrogens with zero attached hydrogens (tertiary/aromatic N) is 2. The van der Waals surface area contributed by atoms with Gasteiger partial charge in [-0.3, -0.25) is 5.32 Å². The van der Waals surface area contributed by atoms with Crippen molar-refractivity contribution in [2.24, 2.45) is 0 Å². The molecule has 3 heteroatoms. The lowest BCUT2D eigenvalue weighted by Crippen LogP contribution is -2.39. The first-order chi connectivity index (χ1) is 4.55. The molecule has 0 radical (unpaired) electrons. The van der Waals surface area contributed by atoms with Crippen LogP contribution in [0.4, 0.5) is 0 Å². The Kier molecular flexibility index (Phi) is 1.02. The topological polar surface area (TPSA) is 18.0 Å². The smallest absolute Gasteiger partial charge is 0.0985 e. The normalized spacial score (nSPS) is 56.4. The lowest BCUT2D eigenvalue weighted by molar-refractivity contribution is 0.326. The fourth-order valence-electron chi connectivity index (χ4n) is 2.23. The van der Waals surface area contributed by atoms with Crippen molar-refractivity contribution in [1.29, 1.82) is 0 Å². The van der Waals surface area contributed by atoms with E-state index in [9.17, 15) is 0 Å². The highest BCUT2D eigenvalue weighted by atomic mass is 16.0. The van der Waals surface area contributed by atoms with Crippen LogP contribution in [0.3, 0.4) is 0 Å². The van der Waals surface area contributed by atoms with Crippen LogP contribution >= 0.6 is 0 Å². The molecule has 2 saturated heterocycles. The molecule has 2 unspecified atom stereocenters. The molecule has 0 aromatic rings. The Morgan fingerprint density at radius 1 is 1.10 bits per heavy atom. The van der Waals surface area contributed by atoms with Gasteiger partial charge in [0.15, 0.2) is 0 Å². The monoisotopic (exact) mass is 141 g/mol. The minimum atomic E-state index is 0.310. The Morgan fingerprint density at radius 2 is 1.50 bits per heavy atom. The average Bonchev–Trinajstić information content (AvgIpc) is 2.17. The van der Waals surface area contributed by atoms with Gasteiger partial charge in [-0.2, -0.15) is 0 Å². The second-order valence-electron chi connectivity index (χ2n) is 3.70. The zero-order valence-electron chi connectivity index (χ0n) is 7.05. The van der Waals surface area contributed by atoms with E-state index < -0.39 is 0 Å². The van der Waals surface area contributed by atoms with Gasteiger partial charge in [0.25, 0.3) is 0 Å². The quantitative estimate of drug-likeness (QED) is 0.497. The lowest BCUT2D eigenvalue weighted by atomic mass is 10.3. The number of nitrogens with one attached hydrogen (secondary N) is 1. The number of fused-ring (bicyclic) bond motifs is 1. The summed E-state index contributed by atoms with van der Waals surface area (Å²) in [4.78, 5) is 0. The molecule has 4 atom stereocenters. The molecule has 2 heterocycles. The maximum Gasteiger partial charge on any atom is 0.0985 e. The molecule has 2 rings (SSSR count). The fourth-order valence-corrected chi connectivity index (χ4v) is 2.23. The number of hydrogen-bond donors (Lipinski definition) is 1. The zero-order chi connectivity index (χ0) is 7.52. The fraction of sp³-hybridized carbons (Fsp3) is 1.00. The average molecular weight is 141 g/mol. The van der Waals surface area contributed by atoms with Crippen LogP contribution in [0, 0.1) is 0 Å². The number of hydrogen-bond acceptors (Lipinski definition) is 3. The second kappa shape index (κ2) is 1.55. The van der Waals surface area contributed by atoms with Crippen LogP contribution in [0.1, 0.15) is 27.7 Å². The molecule has 0 aromatic heterocycles. The van der Waals surface area contributed by atoms with E-state index in [2.05, 4.69) is 43.0 Å². The van der Waals surface area contributed by atoms with E-state index in [1.807, 2.05) is 0 Å². The van der Waals surface area contributed by atoms with Gasteiger partial charge in [0.1, 0.15) is 0 Å². The summed E-state index contributed by atoms with van der Waals surface area (Å²) in [6.45, 7) is 8.90. The van der Waals surface area contributed by atoms with Crippen LogP contribution in [-0.2, 0) is 0 Å². The highest BCUT2D eigenvalue weighted by Gasteiger charge is 2.62. The van der Waals surface area contributed by atoms with E-state index in [1.54, 1.807) is 0 Å². The third-order valence-electron chi connectivity index (χ3n) is 2.53. The largest absolute Gasteiger partial charge is 0.284 e. The summed E-state index contributed by atoms with van der Waals surface area (Å²) < 4.78 is 0. The molecule has 0 spiro atoms.